The Morgan fingerprint density at radius 1 is 0.826 bits per heavy atom. The first-order valence-corrected chi connectivity index (χ1v) is 16.8. The van der Waals surface area contributed by atoms with Gasteiger partial charge in [-0.25, -0.2) is 8.42 Å². The Hall–Kier alpha value is -4.05. The van der Waals surface area contributed by atoms with Crippen LogP contribution in [-0.4, -0.2) is 50.4 Å². The molecule has 0 heterocycles. The van der Waals surface area contributed by atoms with Gasteiger partial charge in [-0.3, -0.25) is 13.9 Å². The van der Waals surface area contributed by atoms with Crippen LogP contribution >= 0.6 is 23.2 Å². The molecule has 46 heavy (non-hydrogen) atoms. The highest BCUT2D eigenvalue weighted by molar-refractivity contribution is 7.92. The third-order valence-corrected chi connectivity index (χ3v) is 9.29. The predicted octanol–water partition coefficient (Wildman–Crippen LogP) is 6.75. The van der Waals surface area contributed by atoms with Crippen molar-refractivity contribution in [1.82, 2.24) is 10.2 Å². The van der Waals surface area contributed by atoms with Crippen molar-refractivity contribution in [3.05, 3.63) is 124 Å². The lowest BCUT2D eigenvalue weighted by molar-refractivity contribution is -0.140. The number of rotatable bonds is 12. The first-order chi connectivity index (χ1) is 21.8. The van der Waals surface area contributed by atoms with Crippen molar-refractivity contribution in [2.45, 2.75) is 50.2 Å². The van der Waals surface area contributed by atoms with E-state index in [9.17, 15) is 18.0 Å². The third-order valence-electron chi connectivity index (χ3n) is 7.03. The summed E-state index contributed by atoms with van der Waals surface area (Å²) in [5.74, 6) is -0.494. The Kier molecular flexibility index (Phi) is 11.4. The number of carbonyl (C=O) groups is 2. The van der Waals surface area contributed by atoms with Crippen LogP contribution < -0.4 is 14.4 Å². The van der Waals surface area contributed by atoms with Gasteiger partial charge in [0.15, 0.2) is 0 Å². The van der Waals surface area contributed by atoms with Crippen LogP contribution in [0, 0.1) is 0 Å². The molecule has 1 N–H and O–H groups in total. The van der Waals surface area contributed by atoms with Crippen LogP contribution in [0.3, 0.4) is 0 Å². The molecule has 0 aliphatic rings. The Morgan fingerprint density at radius 2 is 1.43 bits per heavy atom. The van der Waals surface area contributed by atoms with Crippen LogP contribution in [0.2, 0.25) is 10.0 Å². The second-order valence-corrected chi connectivity index (χ2v) is 14.5. The van der Waals surface area contributed by atoms with Crippen molar-refractivity contribution in [2.75, 3.05) is 18.0 Å². The number of ether oxygens (including phenoxy) is 1. The molecular weight excluding hydrogens is 645 g/mol. The zero-order chi connectivity index (χ0) is 33.5. The lowest BCUT2D eigenvalue weighted by Gasteiger charge is -2.35. The molecule has 1 atom stereocenters. The van der Waals surface area contributed by atoms with Gasteiger partial charge in [0, 0.05) is 28.5 Å². The van der Waals surface area contributed by atoms with E-state index in [1.165, 1.54) is 42.3 Å². The second kappa shape index (κ2) is 15.0. The number of nitrogens with one attached hydrogen (secondary N) is 1. The van der Waals surface area contributed by atoms with Crippen molar-refractivity contribution in [2.24, 2.45) is 0 Å². The van der Waals surface area contributed by atoms with Crippen LogP contribution in [0.4, 0.5) is 5.69 Å². The molecule has 0 fully saturated rings. The molecule has 11 heteroatoms. The highest BCUT2D eigenvalue weighted by atomic mass is 35.5. The fourth-order valence-corrected chi connectivity index (χ4v) is 6.68. The van der Waals surface area contributed by atoms with Crippen molar-refractivity contribution in [3.8, 4) is 5.75 Å². The van der Waals surface area contributed by atoms with Crippen LogP contribution in [0.1, 0.15) is 31.9 Å². The monoisotopic (exact) mass is 681 g/mol. The normalized spacial score (nSPS) is 12.2. The molecule has 4 rings (SSSR count). The Balaban J connectivity index is 1.82. The molecule has 242 valence electrons. The van der Waals surface area contributed by atoms with Gasteiger partial charge < -0.3 is 15.0 Å². The Morgan fingerprint density at radius 3 is 2.02 bits per heavy atom. The fourth-order valence-electron chi connectivity index (χ4n) is 4.87. The van der Waals surface area contributed by atoms with Gasteiger partial charge in [-0.1, -0.05) is 71.7 Å². The summed E-state index contributed by atoms with van der Waals surface area (Å²) in [5, 5.41) is 3.77. The summed E-state index contributed by atoms with van der Waals surface area (Å²) in [6.07, 6.45) is 0.192. The minimum atomic E-state index is -4.29. The molecule has 4 aromatic carbocycles. The van der Waals surface area contributed by atoms with Gasteiger partial charge >= 0.3 is 0 Å². The summed E-state index contributed by atoms with van der Waals surface area (Å²) in [5.41, 5.74) is 1.10. The quantitative estimate of drug-likeness (QED) is 0.178. The minimum absolute atomic E-state index is 0.000422. The van der Waals surface area contributed by atoms with Crippen LogP contribution in [0.25, 0.3) is 0 Å². The van der Waals surface area contributed by atoms with Gasteiger partial charge in [0.25, 0.3) is 10.0 Å². The van der Waals surface area contributed by atoms with E-state index >= 15 is 0 Å². The first kappa shape index (κ1) is 34.8. The number of hydrogen-bond acceptors (Lipinski definition) is 5. The minimum Gasteiger partial charge on any atom is -0.497 e. The van der Waals surface area contributed by atoms with Crippen LogP contribution in [0.15, 0.2) is 108 Å². The van der Waals surface area contributed by atoms with E-state index < -0.39 is 34.1 Å². The Bertz CT molecular complexity index is 1760. The average molecular weight is 683 g/mol. The lowest BCUT2D eigenvalue weighted by atomic mass is 10.0. The van der Waals surface area contributed by atoms with E-state index in [-0.39, 0.29) is 29.5 Å². The second-order valence-electron chi connectivity index (χ2n) is 11.8. The molecular formula is C35H37Cl2N3O5S. The number of sulfonamides is 1. The molecule has 0 saturated heterocycles. The predicted molar refractivity (Wildman–Crippen MR) is 183 cm³/mol. The van der Waals surface area contributed by atoms with Gasteiger partial charge in [-0.2, -0.15) is 0 Å². The maximum Gasteiger partial charge on any atom is 0.264 e. The molecule has 0 spiro atoms. The van der Waals surface area contributed by atoms with E-state index in [0.29, 0.717) is 21.4 Å². The zero-order valence-electron chi connectivity index (χ0n) is 26.1. The molecule has 0 bridgehead atoms. The van der Waals surface area contributed by atoms with Gasteiger partial charge in [0.05, 0.1) is 17.7 Å². The molecule has 0 saturated carbocycles. The topological polar surface area (TPSA) is 96.0 Å². The number of halogens is 2. The molecule has 0 aromatic heterocycles. The maximum atomic E-state index is 14.5. The molecule has 0 unspecified atom stereocenters. The summed E-state index contributed by atoms with van der Waals surface area (Å²) in [4.78, 5) is 29.9. The van der Waals surface area contributed by atoms with E-state index in [1.54, 1.807) is 42.5 Å². The molecule has 0 aliphatic heterocycles. The summed E-state index contributed by atoms with van der Waals surface area (Å²) < 4.78 is 34.5. The van der Waals surface area contributed by atoms with Gasteiger partial charge in [0.2, 0.25) is 11.8 Å². The van der Waals surface area contributed by atoms with Crippen LogP contribution in [0.5, 0.6) is 5.75 Å². The van der Waals surface area contributed by atoms with E-state index in [1.807, 2.05) is 51.1 Å². The smallest absolute Gasteiger partial charge is 0.264 e. The number of methoxy groups -OCH3 is 1. The van der Waals surface area contributed by atoms with Crippen molar-refractivity contribution < 1.29 is 22.7 Å². The summed E-state index contributed by atoms with van der Waals surface area (Å²) in [7, 11) is -2.80. The Labute approximate surface area is 280 Å². The lowest BCUT2D eigenvalue weighted by Crippen LogP contribution is -2.56. The molecule has 4 aromatic rings. The molecule has 8 nitrogen and oxygen atoms in total. The van der Waals surface area contributed by atoms with Crippen molar-refractivity contribution in [3.63, 3.8) is 0 Å². The summed E-state index contributed by atoms with van der Waals surface area (Å²) in [6.45, 7) is 4.96. The summed E-state index contributed by atoms with van der Waals surface area (Å²) >= 11 is 12.6. The van der Waals surface area contributed by atoms with Gasteiger partial charge in [-0.15, -0.1) is 0 Å². The summed E-state index contributed by atoms with van der Waals surface area (Å²) in [6, 6.07) is 27.5. The highest BCUT2D eigenvalue weighted by Gasteiger charge is 2.35. The van der Waals surface area contributed by atoms with Crippen molar-refractivity contribution >= 4 is 50.7 Å². The number of anilines is 1. The van der Waals surface area contributed by atoms with Gasteiger partial charge in [0.1, 0.15) is 18.3 Å². The number of hydrogen-bond donors (Lipinski definition) is 1. The zero-order valence-corrected chi connectivity index (χ0v) is 28.4. The standard InChI is InChI=1S/C35H37Cl2N3O5S/c1-35(2,3)38-34(42)32(21-25-10-6-5-7-11-25)39(23-26-12-8-13-27(36)20-26)33(41)24-40(29-15-9-14-28(37)22-29)46(43,44)31-18-16-30(45-4)17-19-31/h5-20,22,32H,21,23-24H2,1-4H3,(H,38,42)/t32-/m0/s1. The van der Waals surface area contributed by atoms with E-state index in [0.717, 1.165) is 9.87 Å². The molecule has 2 amide bonds. The first-order valence-electron chi connectivity index (χ1n) is 14.6. The number of nitrogens with zero attached hydrogens (tertiary/aromatic N) is 2. The number of carbonyl (C=O) groups excluding carboxylic acids is 2. The van der Waals surface area contributed by atoms with E-state index in [2.05, 4.69) is 5.32 Å². The fraction of sp³-hybridized carbons (Fsp3) is 0.257. The van der Waals surface area contributed by atoms with Crippen molar-refractivity contribution in [1.29, 1.82) is 0 Å². The molecule has 0 radical (unpaired) electrons. The molecule has 0 aliphatic carbocycles. The maximum absolute atomic E-state index is 14.5. The average Bonchev–Trinajstić information content (AvgIpc) is 3.01. The number of benzene rings is 4. The van der Waals surface area contributed by atoms with Gasteiger partial charge in [-0.05, 0) is 86.5 Å². The van der Waals surface area contributed by atoms with E-state index in [4.69, 9.17) is 27.9 Å². The number of amides is 2. The largest absolute Gasteiger partial charge is 0.497 e. The highest BCUT2D eigenvalue weighted by Crippen LogP contribution is 2.28. The SMILES string of the molecule is COc1ccc(S(=O)(=O)N(CC(=O)N(Cc2cccc(Cl)c2)[C@@H](Cc2ccccc2)C(=O)NC(C)(C)C)c2cccc(Cl)c2)cc1. The van der Waals surface area contributed by atoms with Crippen LogP contribution in [-0.2, 0) is 32.6 Å². The third kappa shape index (κ3) is 9.25.